The average Bonchev–Trinajstić information content (AvgIpc) is 1.78. The minimum Gasteiger partial charge on any atom is -0.331 e. The minimum absolute atomic E-state index is 0.393. The first kappa shape index (κ1) is 89.0. The van der Waals surface area contributed by atoms with Crippen LogP contribution in [0.25, 0.3) is 43.6 Å². The summed E-state index contributed by atoms with van der Waals surface area (Å²) in [7, 11) is 2.07. The van der Waals surface area contributed by atoms with E-state index in [0.29, 0.717) is 41.4 Å². The van der Waals surface area contributed by atoms with Gasteiger partial charge in [0, 0.05) is 108 Å². The van der Waals surface area contributed by atoms with Gasteiger partial charge in [-0.2, -0.15) is 0 Å². The second kappa shape index (κ2) is 55.5. The number of pyridine rings is 3. The third-order valence-electron chi connectivity index (χ3n) is 12.4. The molecule has 0 saturated carbocycles. The van der Waals surface area contributed by atoms with Gasteiger partial charge in [0.15, 0.2) is 0 Å². The third-order valence-corrected chi connectivity index (χ3v) is 12.4. The molecule has 0 atom stereocenters. The van der Waals surface area contributed by atoms with E-state index >= 15 is 0 Å². The molecule has 0 radical (unpaired) electrons. The van der Waals surface area contributed by atoms with Gasteiger partial charge in [-0.1, -0.05) is 279 Å². The Labute approximate surface area is 566 Å². The Morgan fingerprint density at radius 3 is 1.15 bits per heavy atom. The zero-order valence-electron chi connectivity index (χ0n) is 63.4. The molecule has 0 bridgehead atoms. The molecule has 11 aromatic rings. The number of imidazole rings is 1. The molecule has 0 amide bonds. The molecule has 11 nitrogen and oxygen atoms in total. The van der Waals surface area contributed by atoms with E-state index in [2.05, 4.69) is 219 Å². The summed E-state index contributed by atoms with van der Waals surface area (Å²) in [6.45, 7) is 57.8. The van der Waals surface area contributed by atoms with Crippen molar-refractivity contribution in [1.82, 2.24) is 54.4 Å². The van der Waals surface area contributed by atoms with E-state index in [9.17, 15) is 0 Å². The van der Waals surface area contributed by atoms with Crippen molar-refractivity contribution in [3.8, 4) is 0 Å². The quantitative estimate of drug-likeness (QED) is 0.152. The van der Waals surface area contributed by atoms with Crippen LogP contribution in [0.2, 0.25) is 0 Å². The monoisotopic (exact) mass is 1260 g/mol. The van der Waals surface area contributed by atoms with E-state index < -0.39 is 0 Å². The number of benzene rings is 4. The van der Waals surface area contributed by atoms with E-state index in [-0.39, 0.29) is 0 Å². The summed E-state index contributed by atoms with van der Waals surface area (Å²) in [5.74, 6) is 6.34. The Bertz CT molecular complexity index is 3170. The molecule has 508 valence electrons. The normalized spacial score (nSPS) is 9.59. The van der Waals surface area contributed by atoms with E-state index in [1.165, 1.54) is 33.1 Å². The Kier molecular flexibility index (Phi) is 53.1. The minimum atomic E-state index is 0.393. The summed E-state index contributed by atoms with van der Waals surface area (Å²) in [5.41, 5.74) is 8.97. The summed E-state index contributed by atoms with van der Waals surface area (Å²) < 4.78 is 2.17. The van der Waals surface area contributed by atoms with Crippen molar-refractivity contribution in [2.45, 2.75) is 235 Å². The van der Waals surface area contributed by atoms with Crippen molar-refractivity contribution in [1.29, 1.82) is 0 Å². The SMILES string of the molecule is CC.CC.CC.CC.CC.CC.CC.CC(C)c1cc2ccccc2cn1.CC(C)c1ccc2ccccc2n1.CC(C)c1ccccn1.CC(C)c1cnccn1.CC(C)c1nc2ccccc2n1C.CC(C)c1ncc2ccccc2n1.CC(C)c1ncccn1. The van der Waals surface area contributed by atoms with E-state index in [0.717, 1.165) is 50.8 Å². The van der Waals surface area contributed by atoms with Crippen LogP contribution in [0, 0.1) is 0 Å². The van der Waals surface area contributed by atoms with Crippen LogP contribution in [0.15, 0.2) is 189 Å². The highest BCUT2D eigenvalue weighted by atomic mass is 15.1. The van der Waals surface area contributed by atoms with Crippen molar-refractivity contribution < 1.29 is 0 Å². The lowest BCUT2D eigenvalue weighted by molar-refractivity contribution is 0.722. The first-order valence-corrected chi connectivity index (χ1v) is 34.7. The second-order valence-electron chi connectivity index (χ2n) is 21.3. The number of hydrogen-bond acceptors (Lipinski definition) is 10. The van der Waals surface area contributed by atoms with Gasteiger partial charge in [0.1, 0.15) is 17.5 Å². The van der Waals surface area contributed by atoms with Gasteiger partial charge < -0.3 is 4.57 Å². The summed E-state index contributed by atoms with van der Waals surface area (Å²) in [6, 6.07) is 47.0. The highest BCUT2D eigenvalue weighted by Gasteiger charge is 2.10. The molecular weight excluding hydrogens is 1140 g/mol. The van der Waals surface area contributed by atoms with Crippen LogP contribution in [0.1, 0.15) is 276 Å². The van der Waals surface area contributed by atoms with Gasteiger partial charge >= 0.3 is 0 Å². The molecule has 0 aliphatic carbocycles. The molecule has 7 aromatic heterocycles. The maximum atomic E-state index is 4.57. The van der Waals surface area contributed by atoms with E-state index in [1.54, 1.807) is 31.0 Å². The highest BCUT2D eigenvalue weighted by molar-refractivity contribution is 5.82. The Balaban J connectivity index is -0.000000989. The summed E-state index contributed by atoms with van der Waals surface area (Å²) in [6.07, 6.45) is 14.4. The highest BCUT2D eigenvalue weighted by Crippen LogP contribution is 2.22. The van der Waals surface area contributed by atoms with Crippen LogP contribution in [0.3, 0.4) is 0 Å². The van der Waals surface area contributed by atoms with Crippen LogP contribution in [0.5, 0.6) is 0 Å². The zero-order chi connectivity index (χ0) is 71.3. The molecule has 11 heteroatoms. The number of rotatable bonds is 7. The summed E-state index contributed by atoms with van der Waals surface area (Å²) in [4.78, 5) is 42.7. The molecule has 0 saturated heterocycles. The second-order valence-corrected chi connectivity index (χ2v) is 21.3. The van der Waals surface area contributed by atoms with Gasteiger partial charge in [0.2, 0.25) is 0 Å². The van der Waals surface area contributed by atoms with Crippen LogP contribution in [0.4, 0.5) is 0 Å². The maximum absolute atomic E-state index is 4.57. The van der Waals surface area contributed by atoms with Crippen molar-refractivity contribution in [2.75, 3.05) is 0 Å². The first-order chi connectivity index (χ1) is 44.9. The molecule has 0 aliphatic heterocycles. The molecule has 0 N–H and O–H groups in total. The molecule has 7 heterocycles. The average molecular weight is 1260 g/mol. The maximum Gasteiger partial charge on any atom is 0.131 e. The smallest absolute Gasteiger partial charge is 0.131 e. The standard InChI is InChI=1S/2C12H13N.C11H14N2.C11H12N2.C8H11N.2C7H10N2.7C2H6/c1-9(2)12-7-10-5-3-4-6-11(10)8-13-12;1-9(2)11-8-7-10-5-3-4-6-12(10)13-11;1-8(2)11-12-9-6-4-5-7-10(9)13(11)3;1-8(2)11-12-7-9-5-3-4-6-10(9)13-11;1-7(2)8-5-3-4-6-9-8;1-6(2)7-5-8-3-4-9-7;1-6(2)7-8-4-3-5-9-7;7*1-2/h2*3-9H,1-2H3;4-8H,1-3H3;3-8H,1-2H3;3-7H,1-2H3;2*3-6H,1-2H3;7*1-2H3. The molecule has 0 fully saturated rings. The molecule has 0 unspecified atom stereocenters. The number of hydrogen-bond donors (Lipinski definition) is 0. The Morgan fingerprint density at radius 2 is 0.710 bits per heavy atom. The van der Waals surface area contributed by atoms with E-state index in [4.69, 9.17) is 0 Å². The predicted octanol–water partition coefficient (Wildman–Crippen LogP) is 24.8. The molecule has 11 rings (SSSR count). The predicted molar refractivity (Wildman–Crippen MR) is 410 cm³/mol. The fraction of sp³-hybridized carbons (Fsp3) is 0.439. The van der Waals surface area contributed by atoms with Gasteiger partial charge in [0.25, 0.3) is 0 Å². The van der Waals surface area contributed by atoms with Crippen LogP contribution >= 0.6 is 0 Å². The van der Waals surface area contributed by atoms with Crippen molar-refractivity contribution in [3.05, 3.63) is 229 Å². The number of nitrogens with zero attached hydrogens (tertiary/aromatic N) is 11. The third kappa shape index (κ3) is 34.9. The number of aryl methyl sites for hydroxylation is 1. The van der Waals surface area contributed by atoms with Gasteiger partial charge in [-0.3, -0.25) is 24.9 Å². The number of aromatic nitrogens is 11. The van der Waals surface area contributed by atoms with E-state index in [1.807, 2.05) is 194 Å². The lowest BCUT2D eigenvalue weighted by Crippen LogP contribution is -1.99. The Hall–Kier alpha value is -8.18. The summed E-state index contributed by atoms with van der Waals surface area (Å²) >= 11 is 0. The summed E-state index contributed by atoms with van der Waals surface area (Å²) in [5, 5.41) is 4.81. The van der Waals surface area contributed by atoms with Gasteiger partial charge in [0.05, 0.1) is 27.8 Å². The number of fused-ring (bicyclic) bond motifs is 4. The van der Waals surface area contributed by atoms with Gasteiger partial charge in [-0.05, 0) is 83.7 Å². The number of para-hydroxylation sites is 4. The largest absolute Gasteiger partial charge is 0.331 e. The lowest BCUT2D eigenvalue weighted by Gasteiger charge is -2.04. The topological polar surface area (TPSA) is 134 Å². The molecule has 4 aromatic carbocycles. The van der Waals surface area contributed by atoms with Crippen LogP contribution in [-0.2, 0) is 7.05 Å². The fourth-order valence-corrected chi connectivity index (χ4v) is 7.70. The molecule has 93 heavy (non-hydrogen) atoms. The van der Waals surface area contributed by atoms with Crippen LogP contribution < -0.4 is 0 Å². The van der Waals surface area contributed by atoms with Crippen molar-refractivity contribution in [3.63, 3.8) is 0 Å². The van der Waals surface area contributed by atoms with Crippen LogP contribution in [-0.4, -0.2) is 54.4 Å². The lowest BCUT2D eigenvalue weighted by atomic mass is 10.1. The van der Waals surface area contributed by atoms with Gasteiger partial charge in [-0.25, -0.2) is 24.9 Å². The zero-order valence-corrected chi connectivity index (χ0v) is 63.4. The Morgan fingerprint density at radius 1 is 0.269 bits per heavy atom. The van der Waals surface area contributed by atoms with Crippen molar-refractivity contribution in [2.24, 2.45) is 7.05 Å². The molecular formula is C82H125N11. The molecule has 0 aliphatic rings. The van der Waals surface area contributed by atoms with Crippen molar-refractivity contribution >= 4 is 43.6 Å². The molecule has 0 spiro atoms. The van der Waals surface area contributed by atoms with Gasteiger partial charge in [-0.15, -0.1) is 0 Å². The first-order valence-electron chi connectivity index (χ1n) is 34.7. The fourth-order valence-electron chi connectivity index (χ4n) is 7.70.